The summed E-state index contributed by atoms with van der Waals surface area (Å²) in [4.78, 5) is 14.4. The van der Waals surface area contributed by atoms with Gasteiger partial charge in [0.1, 0.15) is 0 Å². The van der Waals surface area contributed by atoms with Crippen molar-refractivity contribution in [2.45, 2.75) is 39.9 Å². The highest BCUT2D eigenvalue weighted by molar-refractivity contribution is 5.81. The highest BCUT2D eigenvalue weighted by Crippen LogP contribution is 2.09. The summed E-state index contributed by atoms with van der Waals surface area (Å²) in [7, 11) is 1.98. The summed E-state index contributed by atoms with van der Waals surface area (Å²) in [5, 5.41) is 3.01. The molecule has 1 N–H and O–H groups in total. The minimum absolute atomic E-state index is 0.0557. The minimum atomic E-state index is -0.165. The highest BCUT2D eigenvalue weighted by Gasteiger charge is 2.17. The van der Waals surface area contributed by atoms with E-state index in [1.165, 1.54) is 16.7 Å². The van der Waals surface area contributed by atoms with Gasteiger partial charge in [-0.1, -0.05) is 59.7 Å². The fourth-order valence-corrected chi connectivity index (χ4v) is 2.36. The minimum Gasteiger partial charge on any atom is -0.351 e. The lowest BCUT2D eigenvalue weighted by atomic mass is 10.1. The third-order valence-corrected chi connectivity index (χ3v) is 4.18. The summed E-state index contributed by atoms with van der Waals surface area (Å²) in [6, 6.07) is 16.5. The van der Waals surface area contributed by atoms with Crippen LogP contribution >= 0.6 is 0 Å². The molecule has 2 rings (SSSR count). The quantitative estimate of drug-likeness (QED) is 0.886. The van der Waals surface area contributed by atoms with E-state index in [1.807, 2.05) is 14.0 Å². The molecule has 0 heterocycles. The first-order valence-electron chi connectivity index (χ1n) is 8.05. The van der Waals surface area contributed by atoms with Crippen molar-refractivity contribution in [2.24, 2.45) is 0 Å². The predicted molar refractivity (Wildman–Crippen MR) is 95.1 cm³/mol. The lowest BCUT2D eigenvalue weighted by Crippen LogP contribution is -2.42. The summed E-state index contributed by atoms with van der Waals surface area (Å²) in [6.45, 7) is 7.42. The molecule has 0 unspecified atom stereocenters. The van der Waals surface area contributed by atoms with E-state index < -0.39 is 0 Å². The predicted octanol–water partition coefficient (Wildman–Crippen LogP) is 3.44. The first-order chi connectivity index (χ1) is 11.0. The lowest BCUT2D eigenvalue weighted by molar-refractivity contribution is -0.125. The zero-order valence-corrected chi connectivity index (χ0v) is 14.5. The van der Waals surface area contributed by atoms with Gasteiger partial charge in [-0.2, -0.15) is 0 Å². The Balaban J connectivity index is 1.85. The second-order valence-corrected chi connectivity index (χ2v) is 6.28. The molecular weight excluding hydrogens is 284 g/mol. The van der Waals surface area contributed by atoms with Crippen LogP contribution < -0.4 is 5.32 Å². The van der Waals surface area contributed by atoms with Gasteiger partial charge in [0.05, 0.1) is 6.04 Å². The van der Waals surface area contributed by atoms with Gasteiger partial charge >= 0.3 is 0 Å². The monoisotopic (exact) mass is 310 g/mol. The summed E-state index contributed by atoms with van der Waals surface area (Å²) in [5.74, 6) is 0.0557. The lowest BCUT2D eigenvalue weighted by Gasteiger charge is -2.24. The number of benzene rings is 2. The smallest absolute Gasteiger partial charge is 0.237 e. The van der Waals surface area contributed by atoms with Gasteiger partial charge in [0.25, 0.3) is 0 Å². The maximum absolute atomic E-state index is 12.3. The number of carbonyl (C=O) groups excluding carboxylic acids is 1. The number of nitrogens with zero attached hydrogens (tertiary/aromatic N) is 1. The summed E-state index contributed by atoms with van der Waals surface area (Å²) >= 11 is 0. The van der Waals surface area contributed by atoms with Crippen LogP contribution in [0.25, 0.3) is 0 Å². The molecule has 0 radical (unpaired) electrons. The van der Waals surface area contributed by atoms with Crippen molar-refractivity contribution in [1.82, 2.24) is 10.2 Å². The van der Waals surface area contributed by atoms with E-state index in [0.717, 1.165) is 12.1 Å². The number of rotatable bonds is 6. The molecular formula is C20H26N2O. The van der Waals surface area contributed by atoms with Crippen LogP contribution in [0.2, 0.25) is 0 Å². The second-order valence-electron chi connectivity index (χ2n) is 6.28. The van der Waals surface area contributed by atoms with Crippen LogP contribution in [0, 0.1) is 13.8 Å². The van der Waals surface area contributed by atoms with Crippen LogP contribution in [0.15, 0.2) is 48.5 Å². The number of nitrogens with one attached hydrogen (secondary N) is 1. The van der Waals surface area contributed by atoms with Gasteiger partial charge in [0, 0.05) is 13.1 Å². The van der Waals surface area contributed by atoms with E-state index in [4.69, 9.17) is 0 Å². The first-order valence-corrected chi connectivity index (χ1v) is 8.05. The topological polar surface area (TPSA) is 32.3 Å². The fourth-order valence-electron chi connectivity index (χ4n) is 2.36. The third kappa shape index (κ3) is 5.22. The molecule has 0 saturated heterocycles. The van der Waals surface area contributed by atoms with Gasteiger partial charge < -0.3 is 5.32 Å². The van der Waals surface area contributed by atoms with Crippen molar-refractivity contribution in [1.29, 1.82) is 0 Å². The van der Waals surface area contributed by atoms with Crippen LogP contribution in [0.4, 0.5) is 0 Å². The molecule has 0 bridgehead atoms. The maximum atomic E-state index is 12.3. The van der Waals surface area contributed by atoms with Crippen molar-refractivity contribution >= 4 is 5.91 Å². The van der Waals surface area contributed by atoms with Crippen molar-refractivity contribution in [3.8, 4) is 0 Å². The van der Waals surface area contributed by atoms with Gasteiger partial charge in [0.2, 0.25) is 5.91 Å². The number of hydrogen-bond donors (Lipinski definition) is 1. The normalized spacial score (nSPS) is 12.2. The Bertz CT molecular complexity index is 632. The van der Waals surface area contributed by atoms with Crippen LogP contribution in [0.3, 0.4) is 0 Å². The van der Waals surface area contributed by atoms with Gasteiger partial charge in [-0.25, -0.2) is 0 Å². The van der Waals surface area contributed by atoms with Crippen molar-refractivity contribution in [2.75, 3.05) is 7.05 Å². The summed E-state index contributed by atoms with van der Waals surface area (Å²) in [5.41, 5.74) is 4.82. The molecule has 3 nitrogen and oxygen atoms in total. The average Bonchev–Trinajstić information content (AvgIpc) is 2.55. The number of aryl methyl sites for hydroxylation is 2. The molecule has 1 amide bonds. The molecule has 23 heavy (non-hydrogen) atoms. The van der Waals surface area contributed by atoms with Crippen molar-refractivity contribution < 1.29 is 4.79 Å². The van der Waals surface area contributed by atoms with Crippen LogP contribution in [-0.4, -0.2) is 23.9 Å². The summed E-state index contributed by atoms with van der Waals surface area (Å²) < 4.78 is 0. The molecule has 2 aromatic rings. The molecule has 0 saturated carbocycles. The Morgan fingerprint density at radius 3 is 1.96 bits per heavy atom. The molecule has 0 fully saturated rings. The fraction of sp³-hybridized carbons (Fsp3) is 0.350. The molecule has 2 aromatic carbocycles. The summed E-state index contributed by atoms with van der Waals surface area (Å²) in [6.07, 6.45) is 0. The van der Waals surface area contributed by atoms with E-state index in [0.29, 0.717) is 6.54 Å². The SMILES string of the molecule is Cc1ccc(CNC(=O)[C@@H](C)N(C)Cc2ccc(C)cc2)cc1. The van der Waals surface area contributed by atoms with E-state index >= 15 is 0 Å². The van der Waals surface area contributed by atoms with Gasteiger partial charge in [0.15, 0.2) is 0 Å². The van der Waals surface area contributed by atoms with E-state index in [-0.39, 0.29) is 11.9 Å². The van der Waals surface area contributed by atoms with E-state index in [9.17, 15) is 4.79 Å². The Labute approximate surface area is 139 Å². The highest BCUT2D eigenvalue weighted by atomic mass is 16.2. The van der Waals surface area contributed by atoms with E-state index in [2.05, 4.69) is 72.6 Å². The zero-order valence-electron chi connectivity index (χ0n) is 14.5. The largest absolute Gasteiger partial charge is 0.351 e. The van der Waals surface area contributed by atoms with Gasteiger partial charge in [-0.15, -0.1) is 0 Å². The Morgan fingerprint density at radius 2 is 1.43 bits per heavy atom. The molecule has 3 heteroatoms. The molecule has 0 aliphatic rings. The van der Waals surface area contributed by atoms with E-state index in [1.54, 1.807) is 0 Å². The van der Waals surface area contributed by atoms with Crippen molar-refractivity contribution in [3.05, 3.63) is 70.8 Å². The molecule has 122 valence electrons. The number of hydrogen-bond acceptors (Lipinski definition) is 2. The molecule has 0 aliphatic heterocycles. The second kappa shape index (κ2) is 7.93. The number of carbonyl (C=O) groups is 1. The van der Waals surface area contributed by atoms with Crippen LogP contribution in [0.1, 0.15) is 29.2 Å². The van der Waals surface area contributed by atoms with Crippen LogP contribution in [0.5, 0.6) is 0 Å². The maximum Gasteiger partial charge on any atom is 0.237 e. The standard InChI is InChI=1S/C20H26N2O/c1-15-5-9-18(10-6-15)13-21-20(23)17(3)22(4)14-19-11-7-16(2)8-12-19/h5-12,17H,13-14H2,1-4H3,(H,21,23)/t17-/m1/s1. The van der Waals surface area contributed by atoms with Crippen LogP contribution in [-0.2, 0) is 17.9 Å². The Morgan fingerprint density at radius 1 is 0.957 bits per heavy atom. The molecule has 1 atom stereocenters. The van der Waals surface area contributed by atoms with Gasteiger partial charge in [-0.05, 0) is 38.9 Å². The Hall–Kier alpha value is -2.13. The van der Waals surface area contributed by atoms with Gasteiger partial charge in [-0.3, -0.25) is 9.69 Å². The Kier molecular flexibility index (Phi) is 5.94. The third-order valence-electron chi connectivity index (χ3n) is 4.18. The first kappa shape index (κ1) is 17.2. The number of amides is 1. The molecule has 0 aromatic heterocycles. The van der Waals surface area contributed by atoms with Crippen molar-refractivity contribution in [3.63, 3.8) is 0 Å². The molecule has 0 aliphatic carbocycles. The zero-order chi connectivity index (χ0) is 16.8. The number of likely N-dealkylation sites (N-methyl/N-ethyl adjacent to an activating group) is 1. The average molecular weight is 310 g/mol. The molecule has 0 spiro atoms.